The van der Waals surface area contributed by atoms with Crippen LogP contribution in [0.5, 0.6) is 0 Å². The first-order chi connectivity index (χ1) is 7.61. The van der Waals surface area contributed by atoms with Crippen LogP contribution < -0.4 is 5.32 Å². The van der Waals surface area contributed by atoms with Crippen molar-refractivity contribution in [3.05, 3.63) is 23.4 Å². The number of ether oxygens (including phenoxy) is 1. The van der Waals surface area contributed by atoms with Gasteiger partial charge in [0.1, 0.15) is 5.82 Å². The molecule has 1 atom stereocenters. The van der Waals surface area contributed by atoms with Crippen LogP contribution in [0, 0.1) is 5.92 Å². The summed E-state index contributed by atoms with van der Waals surface area (Å²) in [4.78, 5) is 15.5. The predicted molar refractivity (Wildman–Crippen MR) is 63.5 cm³/mol. The van der Waals surface area contributed by atoms with Crippen molar-refractivity contribution in [2.45, 2.75) is 13.3 Å². The van der Waals surface area contributed by atoms with Gasteiger partial charge in [0.15, 0.2) is 0 Å². The first kappa shape index (κ1) is 12.9. The van der Waals surface area contributed by atoms with Gasteiger partial charge in [0.25, 0.3) is 0 Å². The van der Waals surface area contributed by atoms with E-state index in [0.717, 1.165) is 0 Å². The summed E-state index contributed by atoms with van der Waals surface area (Å²) in [6.07, 6.45) is 1.96. The fraction of sp³-hybridized carbons (Fsp3) is 0.455. The van der Waals surface area contributed by atoms with E-state index >= 15 is 0 Å². The zero-order chi connectivity index (χ0) is 12.0. The summed E-state index contributed by atoms with van der Waals surface area (Å²) < 4.78 is 4.96. The number of aromatic nitrogens is 1. The topological polar surface area (TPSA) is 51.2 Å². The molecule has 0 saturated heterocycles. The Labute approximate surface area is 100.0 Å². The number of hydrogen-bond acceptors (Lipinski definition) is 3. The molecule has 88 valence electrons. The van der Waals surface area contributed by atoms with E-state index in [1.165, 1.54) is 0 Å². The number of amides is 1. The molecule has 0 saturated carbocycles. The third-order valence-electron chi connectivity index (χ3n) is 1.97. The molecule has 0 bridgehead atoms. The quantitative estimate of drug-likeness (QED) is 0.862. The summed E-state index contributed by atoms with van der Waals surface area (Å²) >= 11 is 5.77. The van der Waals surface area contributed by atoms with E-state index in [0.29, 0.717) is 23.9 Å². The SMILES string of the molecule is COCC(C)CC(=O)Nc1cc(Cl)ccn1. The number of nitrogens with zero attached hydrogens (tertiary/aromatic N) is 1. The predicted octanol–water partition coefficient (Wildman–Crippen LogP) is 2.35. The van der Waals surface area contributed by atoms with Crippen molar-refractivity contribution < 1.29 is 9.53 Å². The lowest BCUT2D eigenvalue weighted by Gasteiger charge is -2.09. The first-order valence-corrected chi connectivity index (χ1v) is 5.40. The van der Waals surface area contributed by atoms with Crippen LogP contribution in [0.3, 0.4) is 0 Å². The summed E-state index contributed by atoms with van der Waals surface area (Å²) in [6, 6.07) is 3.27. The molecule has 1 unspecified atom stereocenters. The van der Waals surface area contributed by atoms with Crippen LogP contribution in [0.1, 0.15) is 13.3 Å². The van der Waals surface area contributed by atoms with Gasteiger partial charge in [-0.3, -0.25) is 4.79 Å². The lowest BCUT2D eigenvalue weighted by atomic mass is 10.1. The highest BCUT2D eigenvalue weighted by atomic mass is 35.5. The average molecular weight is 243 g/mol. The van der Waals surface area contributed by atoms with Crippen molar-refractivity contribution in [3.8, 4) is 0 Å². The molecule has 0 spiro atoms. The van der Waals surface area contributed by atoms with Gasteiger partial charge in [-0.15, -0.1) is 0 Å². The van der Waals surface area contributed by atoms with Crippen molar-refractivity contribution in [2.75, 3.05) is 19.0 Å². The highest BCUT2D eigenvalue weighted by Crippen LogP contribution is 2.12. The maximum Gasteiger partial charge on any atom is 0.225 e. The van der Waals surface area contributed by atoms with E-state index in [1.54, 1.807) is 25.4 Å². The Balaban J connectivity index is 2.45. The number of anilines is 1. The van der Waals surface area contributed by atoms with Crippen LogP contribution in [0.2, 0.25) is 5.02 Å². The number of carbonyl (C=O) groups excluding carboxylic acids is 1. The smallest absolute Gasteiger partial charge is 0.225 e. The highest BCUT2D eigenvalue weighted by molar-refractivity contribution is 6.30. The zero-order valence-electron chi connectivity index (χ0n) is 9.37. The molecule has 0 fully saturated rings. The second-order valence-corrected chi connectivity index (χ2v) is 4.11. The Kier molecular flexibility index (Phi) is 5.22. The minimum absolute atomic E-state index is 0.0840. The number of halogens is 1. The van der Waals surface area contributed by atoms with Crippen LogP contribution in [0.25, 0.3) is 0 Å². The monoisotopic (exact) mass is 242 g/mol. The van der Waals surface area contributed by atoms with Crippen molar-refractivity contribution in [1.82, 2.24) is 4.98 Å². The van der Waals surface area contributed by atoms with Crippen molar-refractivity contribution >= 4 is 23.3 Å². The fourth-order valence-electron chi connectivity index (χ4n) is 1.33. The largest absolute Gasteiger partial charge is 0.384 e. The third-order valence-corrected chi connectivity index (χ3v) is 2.21. The lowest BCUT2D eigenvalue weighted by molar-refractivity contribution is -0.117. The Morgan fingerprint density at radius 1 is 1.69 bits per heavy atom. The molecule has 16 heavy (non-hydrogen) atoms. The van der Waals surface area contributed by atoms with Crippen LogP contribution in [-0.4, -0.2) is 24.6 Å². The Morgan fingerprint density at radius 3 is 3.06 bits per heavy atom. The molecule has 5 heteroatoms. The molecule has 0 radical (unpaired) electrons. The van der Waals surface area contributed by atoms with Crippen molar-refractivity contribution in [1.29, 1.82) is 0 Å². The van der Waals surface area contributed by atoms with Gasteiger partial charge in [-0.1, -0.05) is 18.5 Å². The molecule has 4 nitrogen and oxygen atoms in total. The third kappa shape index (κ3) is 4.59. The number of carbonyl (C=O) groups is 1. The van der Waals surface area contributed by atoms with E-state index in [2.05, 4.69) is 10.3 Å². The molecular formula is C11H15ClN2O2. The molecule has 1 N–H and O–H groups in total. The van der Waals surface area contributed by atoms with E-state index in [9.17, 15) is 4.79 Å². The van der Waals surface area contributed by atoms with Gasteiger partial charge in [-0.05, 0) is 18.1 Å². The number of nitrogens with one attached hydrogen (secondary N) is 1. The van der Waals surface area contributed by atoms with Crippen molar-refractivity contribution in [3.63, 3.8) is 0 Å². The molecular weight excluding hydrogens is 228 g/mol. The molecule has 0 aliphatic carbocycles. The van der Waals surface area contributed by atoms with E-state index in [1.807, 2.05) is 6.92 Å². The van der Waals surface area contributed by atoms with Gasteiger partial charge < -0.3 is 10.1 Å². The van der Waals surface area contributed by atoms with Gasteiger partial charge in [0, 0.05) is 31.4 Å². The van der Waals surface area contributed by atoms with Crippen LogP contribution in [-0.2, 0) is 9.53 Å². The average Bonchev–Trinajstić information content (AvgIpc) is 2.17. The summed E-state index contributed by atoms with van der Waals surface area (Å²) in [6.45, 7) is 2.52. The van der Waals surface area contributed by atoms with Crippen molar-refractivity contribution in [2.24, 2.45) is 5.92 Å². The molecule has 0 aliphatic rings. The van der Waals surface area contributed by atoms with Gasteiger partial charge in [-0.2, -0.15) is 0 Å². The summed E-state index contributed by atoms with van der Waals surface area (Å²) in [5.41, 5.74) is 0. The summed E-state index contributed by atoms with van der Waals surface area (Å²) in [7, 11) is 1.62. The molecule has 0 aliphatic heterocycles. The summed E-state index contributed by atoms with van der Waals surface area (Å²) in [5.74, 6) is 0.575. The van der Waals surface area contributed by atoms with Gasteiger partial charge in [-0.25, -0.2) is 4.98 Å². The molecule has 1 amide bonds. The van der Waals surface area contributed by atoms with Crippen LogP contribution in [0.4, 0.5) is 5.82 Å². The minimum Gasteiger partial charge on any atom is -0.384 e. The first-order valence-electron chi connectivity index (χ1n) is 5.02. The lowest BCUT2D eigenvalue weighted by Crippen LogP contribution is -2.18. The molecule has 0 aromatic carbocycles. The molecule has 1 heterocycles. The van der Waals surface area contributed by atoms with E-state index in [-0.39, 0.29) is 11.8 Å². The van der Waals surface area contributed by atoms with Gasteiger partial charge >= 0.3 is 0 Å². The number of rotatable bonds is 5. The van der Waals surface area contributed by atoms with Crippen LogP contribution >= 0.6 is 11.6 Å². The van der Waals surface area contributed by atoms with E-state index in [4.69, 9.17) is 16.3 Å². The molecule has 1 aromatic heterocycles. The molecule has 1 rings (SSSR count). The number of hydrogen-bond donors (Lipinski definition) is 1. The number of pyridine rings is 1. The summed E-state index contributed by atoms with van der Waals surface area (Å²) in [5, 5.41) is 3.23. The van der Waals surface area contributed by atoms with Gasteiger partial charge in [0.2, 0.25) is 5.91 Å². The Bertz CT molecular complexity index is 358. The Hall–Kier alpha value is -1.13. The second-order valence-electron chi connectivity index (χ2n) is 3.67. The minimum atomic E-state index is -0.0840. The number of methoxy groups -OCH3 is 1. The highest BCUT2D eigenvalue weighted by Gasteiger charge is 2.09. The normalized spacial score (nSPS) is 12.2. The second kappa shape index (κ2) is 6.45. The van der Waals surface area contributed by atoms with Crippen LogP contribution in [0.15, 0.2) is 18.3 Å². The maximum atomic E-state index is 11.6. The fourth-order valence-corrected chi connectivity index (χ4v) is 1.49. The Morgan fingerprint density at radius 2 is 2.44 bits per heavy atom. The van der Waals surface area contributed by atoms with Gasteiger partial charge in [0.05, 0.1) is 0 Å². The van der Waals surface area contributed by atoms with E-state index < -0.39 is 0 Å². The maximum absolute atomic E-state index is 11.6. The zero-order valence-corrected chi connectivity index (χ0v) is 10.1. The standard InChI is InChI=1S/C11H15ClN2O2/c1-8(7-16-2)5-11(15)14-10-6-9(12)3-4-13-10/h3-4,6,8H,5,7H2,1-2H3,(H,13,14,15). The molecule has 1 aromatic rings.